The van der Waals surface area contributed by atoms with Crippen LogP contribution in [-0.4, -0.2) is 83.1 Å². The topological polar surface area (TPSA) is 137 Å². The molecule has 2 saturated heterocycles. The third kappa shape index (κ3) is 9.05. The first-order chi connectivity index (χ1) is 25.0. The first kappa shape index (κ1) is 37.1. The molecule has 274 valence electrons. The van der Waals surface area contributed by atoms with Crippen LogP contribution in [0, 0.1) is 6.92 Å². The summed E-state index contributed by atoms with van der Waals surface area (Å²) in [6, 6.07) is 14.7. The third-order valence-electron chi connectivity index (χ3n) is 8.92. The molecule has 0 unspecified atom stereocenters. The second kappa shape index (κ2) is 16.4. The van der Waals surface area contributed by atoms with Gasteiger partial charge in [-0.05, 0) is 75.9 Å². The Balaban J connectivity index is 1.15. The summed E-state index contributed by atoms with van der Waals surface area (Å²) in [7, 11) is 1.60. The van der Waals surface area contributed by atoms with E-state index in [0.717, 1.165) is 48.2 Å². The van der Waals surface area contributed by atoms with Gasteiger partial charge in [0.15, 0.2) is 0 Å². The van der Waals surface area contributed by atoms with Gasteiger partial charge in [0, 0.05) is 61.1 Å². The number of halogens is 1. The van der Waals surface area contributed by atoms with Gasteiger partial charge >= 0.3 is 6.09 Å². The summed E-state index contributed by atoms with van der Waals surface area (Å²) in [6.07, 6.45) is 5.07. The lowest BCUT2D eigenvalue weighted by Gasteiger charge is -2.33. The summed E-state index contributed by atoms with van der Waals surface area (Å²) in [5, 5.41) is 6.82. The highest BCUT2D eigenvalue weighted by Crippen LogP contribution is 2.38. The minimum Gasteiger partial charge on any atom is -0.481 e. The molecule has 6 rings (SSSR count). The SMILES string of the molecule is COc1nc(-c2ccnc(-c3cccc(NC(=O)c4ccc(CN(C[C@@H]5CCO5)C(=O)OC(C)(C)C)cn4)c3C)c2Cl)ccc1CNC[C@@H]1CCO1. The lowest BCUT2D eigenvalue weighted by atomic mass is 10.0. The minimum atomic E-state index is -0.629. The van der Waals surface area contributed by atoms with E-state index >= 15 is 0 Å². The van der Waals surface area contributed by atoms with Crippen LogP contribution in [-0.2, 0) is 27.3 Å². The molecule has 52 heavy (non-hydrogen) atoms. The predicted molar refractivity (Wildman–Crippen MR) is 198 cm³/mol. The summed E-state index contributed by atoms with van der Waals surface area (Å²) in [5.74, 6) is 0.137. The molecule has 0 radical (unpaired) electrons. The van der Waals surface area contributed by atoms with Gasteiger partial charge in [-0.2, -0.15) is 0 Å². The lowest BCUT2D eigenvalue weighted by Crippen LogP contribution is -2.44. The van der Waals surface area contributed by atoms with Crippen molar-refractivity contribution in [3.8, 4) is 28.4 Å². The number of carbonyl (C=O) groups excluding carboxylic acids is 2. The van der Waals surface area contributed by atoms with Crippen LogP contribution in [0.1, 0.15) is 60.8 Å². The molecule has 3 aromatic heterocycles. The van der Waals surface area contributed by atoms with Crippen LogP contribution in [0.3, 0.4) is 0 Å². The summed E-state index contributed by atoms with van der Waals surface area (Å²) >= 11 is 7.01. The first-order valence-electron chi connectivity index (χ1n) is 17.5. The van der Waals surface area contributed by atoms with E-state index in [1.165, 1.54) is 0 Å². The van der Waals surface area contributed by atoms with Crippen molar-refractivity contribution in [1.82, 2.24) is 25.2 Å². The van der Waals surface area contributed by atoms with Gasteiger partial charge in [0.05, 0.1) is 48.8 Å². The lowest BCUT2D eigenvalue weighted by molar-refractivity contribution is -0.0701. The third-order valence-corrected chi connectivity index (χ3v) is 9.30. The minimum absolute atomic E-state index is 0.0196. The Morgan fingerprint density at radius 1 is 1.00 bits per heavy atom. The van der Waals surface area contributed by atoms with Crippen molar-refractivity contribution in [1.29, 1.82) is 0 Å². The van der Waals surface area contributed by atoms with Crippen molar-refractivity contribution < 1.29 is 28.5 Å². The average molecular weight is 729 g/mol. The number of carbonyl (C=O) groups is 2. The van der Waals surface area contributed by atoms with Crippen molar-refractivity contribution in [2.75, 3.05) is 38.7 Å². The maximum Gasteiger partial charge on any atom is 0.410 e. The van der Waals surface area contributed by atoms with E-state index in [2.05, 4.69) is 20.6 Å². The van der Waals surface area contributed by atoms with Gasteiger partial charge in [0.2, 0.25) is 5.88 Å². The molecular weight excluding hydrogens is 684 g/mol. The Kier molecular flexibility index (Phi) is 11.7. The Bertz CT molecular complexity index is 1890. The molecule has 12 nitrogen and oxygen atoms in total. The van der Waals surface area contributed by atoms with Crippen LogP contribution in [0.25, 0.3) is 22.5 Å². The molecule has 1 aromatic carbocycles. The molecule has 2 atom stereocenters. The van der Waals surface area contributed by atoms with Crippen LogP contribution < -0.4 is 15.4 Å². The van der Waals surface area contributed by atoms with Gasteiger partial charge in [-0.1, -0.05) is 35.9 Å². The Morgan fingerprint density at radius 3 is 2.42 bits per heavy atom. The van der Waals surface area contributed by atoms with E-state index in [-0.39, 0.29) is 30.4 Å². The monoisotopic (exact) mass is 728 g/mol. The van der Waals surface area contributed by atoms with E-state index in [1.54, 1.807) is 36.5 Å². The fourth-order valence-corrected chi connectivity index (χ4v) is 6.17. The second-order valence-corrected chi connectivity index (χ2v) is 14.3. The maximum absolute atomic E-state index is 13.4. The number of rotatable bonds is 13. The van der Waals surface area contributed by atoms with Gasteiger partial charge in [-0.3, -0.25) is 14.8 Å². The number of hydrogen-bond donors (Lipinski definition) is 2. The number of nitrogens with zero attached hydrogens (tertiary/aromatic N) is 4. The number of aromatic nitrogens is 3. The van der Waals surface area contributed by atoms with E-state index in [9.17, 15) is 9.59 Å². The summed E-state index contributed by atoms with van der Waals surface area (Å²) < 4.78 is 22.3. The van der Waals surface area contributed by atoms with Crippen molar-refractivity contribution in [3.63, 3.8) is 0 Å². The number of methoxy groups -OCH3 is 1. The fraction of sp³-hybridized carbons (Fsp3) is 0.410. The Labute approximate surface area is 309 Å². The van der Waals surface area contributed by atoms with Gasteiger partial charge in [-0.15, -0.1) is 0 Å². The van der Waals surface area contributed by atoms with Crippen LogP contribution in [0.15, 0.2) is 60.9 Å². The Morgan fingerprint density at radius 2 is 1.77 bits per heavy atom. The molecule has 0 bridgehead atoms. The van der Waals surface area contributed by atoms with Crippen molar-refractivity contribution >= 4 is 29.3 Å². The molecule has 5 heterocycles. The largest absolute Gasteiger partial charge is 0.481 e. The highest BCUT2D eigenvalue weighted by Gasteiger charge is 2.28. The van der Waals surface area contributed by atoms with Crippen molar-refractivity contribution in [3.05, 3.63) is 88.3 Å². The number of hydrogen-bond acceptors (Lipinski definition) is 10. The number of benzene rings is 1. The fourth-order valence-electron chi connectivity index (χ4n) is 5.86. The van der Waals surface area contributed by atoms with E-state index in [4.69, 9.17) is 35.5 Å². The molecule has 13 heteroatoms. The first-order valence-corrected chi connectivity index (χ1v) is 17.8. The predicted octanol–water partition coefficient (Wildman–Crippen LogP) is 6.83. The molecule has 0 spiro atoms. The zero-order valence-corrected chi connectivity index (χ0v) is 31.0. The molecule has 2 fully saturated rings. The smallest absolute Gasteiger partial charge is 0.410 e. The molecule has 2 aliphatic rings. The van der Waals surface area contributed by atoms with Gasteiger partial charge in [-0.25, -0.2) is 9.78 Å². The van der Waals surface area contributed by atoms with Gasteiger partial charge in [0.1, 0.15) is 11.3 Å². The van der Waals surface area contributed by atoms with Crippen molar-refractivity contribution in [2.45, 2.75) is 71.4 Å². The van der Waals surface area contributed by atoms with Crippen LogP contribution in [0.2, 0.25) is 5.02 Å². The molecule has 2 amide bonds. The number of anilines is 1. The molecule has 2 N–H and O–H groups in total. The quantitative estimate of drug-likeness (QED) is 0.151. The van der Waals surface area contributed by atoms with E-state index in [0.29, 0.717) is 53.2 Å². The van der Waals surface area contributed by atoms with Gasteiger partial charge < -0.3 is 34.5 Å². The number of pyridine rings is 3. The van der Waals surface area contributed by atoms with E-state index < -0.39 is 11.7 Å². The summed E-state index contributed by atoms with van der Waals surface area (Å²) in [6.45, 7) is 11.0. The molecule has 4 aromatic rings. The second-order valence-electron chi connectivity index (χ2n) is 13.9. The number of nitrogens with one attached hydrogen (secondary N) is 2. The maximum atomic E-state index is 13.4. The van der Waals surface area contributed by atoms with Crippen molar-refractivity contribution in [2.24, 2.45) is 0 Å². The standard InChI is InChI=1S/C39H45ClN6O6/c1-24-29(35-34(40)30(13-16-42-35)32-12-10-26(37(45-32)49-5)20-41-21-27-14-17-50-27)7-6-8-31(24)44-36(47)33-11-9-25(19-43-33)22-46(23-28-15-18-51-28)38(48)52-39(2,3)4/h6-13,16,19,27-28,41H,14-15,17-18,20-23H2,1-5H3,(H,44,47)/t27-,28-/m0/s1. The molecular formula is C39H45ClN6O6. The molecule has 0 aliphatic carbocycles. The van der Waals surface area contributed by atoms with E-state index in [1.807, 2.05) is 64.1 Å². The highest BCUT2D eigenvalue weighted by molar-refractivity contribution is 6.35. The van der Waals surface area contributed by atoms with Crippen LogP contribution >= 0.6 is 11.6 Å². The highest BCUT2D eigenvalue weighted by atomic mass is 35.5. The molecule has 2 aliphatic heterocycles. The summed E-state index contributed by atoms with van der Waals surface area (Å²) in [4.78, 5) is 41.7. The zero-order valence-electron chi connectivity index (χ0n) is 30.2. The zero-order chi connectivity index (χ0) is 36.8. The van der Waals surface area contributed by atoms with Crippen LogP contribution in [0.5, 0.6) is 5.88 Å². The summed E-state index contributed by atoms with van der Waals surface area (Å²) in [5.41, 5.74) is 5.35. The molecule has 0 saturated carbocycles. The average Bonchev–Trinajstić information content (AvgIpc) is 3.07. The van der Waals surface area contributed by atoms with Crippen LogP contribution in [0.4, 0.5) is 10.5 Å². The normalized spacial score (nSPS) is 16.7. The number of amides is 2. The number of ether oxygens (including phenoxy) is 4. The Hall–Kier alpha value is -4.62. The van der Waals surface area contributed by atoms with Gasteiger partial charge in [0.25, 0.3) is 5.91 Å².